The number of fused-ring (bicyclic) bond motifs is 5. The Hall–Kier alpha value is -2.53. The highest BCUT2D eigenvalue weighted by Crippen LogP contribution is 2.44. The molecule has 0 saturated heterocycles. The quantitative estimate of drug-likeness (QED) is 0.663. The molecule has 4 rings (SSSR count). The fourth-order valence-corrected chi connectivity index (χ4v) is 3.47. The van der Waals surface area contributed by atoms with Crippen LogP contribution in [0.5, 0.6) is 0 Å². The van der Waals surface area contributed by atoms with Gasteiger partial charge < -0.3 is 9.83 Å². The van der Waals surface area contributed by atoms with E-state index in [1.54, 1.807) is 6.20 Å². The zero-order chi connectivity index (χ0) is 14.4. The number of nitrogens with zero attached hydrogens (tertiary/aromatic N) is 1. The van der Waals surface area contributed by atoms with Crippen molar-refractivity contribution in [1.82, 2.24) is 4.98 Å². The summed E-state index contributed by atoms with van der Waals surface area (Å²) in [6.45, 7) is 0. The lowest BCUT2D eigenvalue weighted by Gasteiger charge is -2.21. The lowest BCUT2D eigenvalue weighted by molar-refractivity contribution is 0.0699. The first-order valence-electron chi connectivity index (χ1n) is 6.43. The Morgan fingerprint density at radius 1 is 1.10 bits per heavy atom. The van der Waals surface area contributed by atoms with Gasteiger partial charge in [0.15, 0.2) is 0 Å². The molecule has 2 N–H and O–H groups in total. The largest absolute Gasteiger partial charge is 0.478 e. The summed E-state index contributed by atoms with van der Waals surface area (Å²) in [5.74, 6) is -0.939. The van der Waals surface area contributed by atoms with Crippen molar-refractivity contribution in [3.63, 3.8) is 0 Å². The van der Waals surface area contributed by atoms with Crippen LogP contribution >= 0.6 is 11.9 Å². The second-order valence-corrected chi connectivity index (χ2v) is 5.60. The van der Waals surface area contributed by atoms with Gasteiger partial charge in [-0.2, -0.15) is 0 Å². The van der Waals surface area contributed by atoms with Gasteiger partial charge in [0, 0.05) is 22.0 Å². The molecule has 0 fully saturated rings. The van der Waals surface area contributed by atoms with Crippen molar-refractivity contribution in [2.75, 3.05) is 4.72 Å². The molecule has 0 radical (unpaired) electrons. The molecule has 0 amide bonds. The van der Waals surface area contributed by atoms with E-state index in [-0.39, 0.29) is 5.56 Å². The van der Waals surface area contributed by atoms with Crippen molar-refractivity contribution in [3.05, 3.63) is 54.2 Å². The predicted molar refractivity (Wildman–Crippen MR) is 83.6 cm³/mol. The second-order valence-electron chi connectivity index (χ2n) is 4.75. The maximum absolute atomic E-state index is 11.3. The number of benzene rings is 2. The van der Waals surface area contributed by atoms with Gasteiger partial charge in [0.2, 0.25) is 0 Å². The molecule has 0 spiro atoms. The molecule has 0 bridgehead atoms. The Bertz CT molecular complexity index is 893. The third kappa shape index (κ3) is 1.78. The minimum Gasteiger partial charge on any atom is -0.478 e. The average Bonchev–Trinajstić information content (AvgIpc) is 2.53. The highest BCUT2D eigenvalue weighted by Gasteiger charge is 2.20. The normalized spacial score (nSPS) is 12.4. The first-order chi connectivity index (χ1) is 10.3. The van der Waals surface area contributed by atoms with Crippen molar-refractivity contribution in [2.24, 2.45) is 0 Å². The SMILES string of the molecule is O=C(O)c1ccnc2c3c(ccc12)-c1ccccc1SN3. The predicted octanol–water partition coefficient (Wildman–Crippen LogP) is 4.03. The summed E-state index contributed by atoms with van der Waals surface area (Å²) in [5.41, 5.74) is 4.02. The molecule has 0 aliphatic carbocycles. The van der Waals surface area contributed by atoms with E-state index in [9.17, 15) is 9.90 Å². The third-order valence-corrected chi connectivity index (χ3v) is 4.47. The van der Waals surface area contributed by atoms with Crippen LogP contribution in [-0.2, 0) is 0 Å². The van der Waals surface area contributed by atoms with Crippen LogP contribution in [0.25, 0.3) is 22.0 Å². The fraction of sp³-hybridized carbons (Fsp3) is 0. The zero-order valence-corrected chi connectivity index (χ0v) is 11.6. The highest BCUT2D eigenvalue weighted by molar-refractivity contribution is 8.00. The zero-order valence-electron chi connectivity index (χ0n) is 10.8. The van der Waals surface area contributed by atoms with Crippen molar-refractivity contribution in [3.8, 4) is 11.1 Å². The Kier molecular flexibility index (Phi) is 2.62. The van der Waals surface area contributed by atoms with E-state index in [4.69, 9.17) is 0 Å². The molecule has 102 valence electrons. The number of carbonyl (C=O) groups is 1. The van der Waals surface area contributed by atoms with Crippen LogP contribution in [0.4, 0.5) is 5.69 Å². The molecule has 5 heteroatoms. The van der Waals surface area contributed by atoms with Gasteiger partial charge in [0.25, 0.3) is 0 Å². The summed E-state index contributed by atoms with van der Waals surface area (Å²) in [6, 6.07) is 13.4. The van der Waals surface area contributed by atoms with Gasteiger partial charge in [-0.1, -0.05) is 30.3 Å². The van der Waals surface area contributed by atoms with Crippen LogP contribution in [0.15, 0.2) is 53.6 Å². The van der Waals surface area contributed by atoms with E-state index in [2.05, 4.69) is 21.8 Å². The van der Waals surface area contributed by atoms with Crippen LogP contribution in [0.3, 0.4) is 0 Å². The smallest absolute Gasteiger partial charge is 0.336 e. The Morgan fingerprint density at radius 2 is 1.95 bits per heavy atom. The van der Waals surface area contributed by atoms with Gasteiger partial charge in [0.05, 0.1) is 16.8 Å². The Labute approximate surface area is 125 Å². The maximum atomic E-state index is 11.3. The lowest BCUT2D eigenvalue weighted by Crippen LogP contribution is -2.03. The van der Waals surface area contributed by atoms with Crippen molar-refractivity contribution < 1.29 is 9.90 Å². The highest BCUT2D eigenvalue weighted by atomic mass is 32.2. The number of carboxylic acid groups (broad SMARTS) is 1. The summed E-state index contributed by atoms with van der Waals surface area (Å²) in [7, 11) is 0. The molecule has 21 heavy (non-hydrogen) atoms. The molecule has 0 atom stereocenters. The standard InChI is InChI=1S/C16H10N2O2S/c19-16(20)12-7-8-17-14-11(12)6-5-10-9-3-1-2-4-13(9)21-18-15(10)14/h1-8,18H,(H,19,20). The van der Waals surface area contributed by atoms with Gasteiger partial charge in [0.1, 0.15) is 0 Å². The number of rotatable bonds is 1. The second kappa shape index (κ2) is 4.49. The van der Waals surface area contributed by atoms with Gasteiger partial charge >= 0.3 is 5.97 Å². The number of hydrogen-bond donors (Lipinski definition) is 2. The summed E-state index contributed by atoms with van der Waals surface area (Å²) in [6.07, 6.45) is 1.54. The minimum atomic E-state index is -0.939. The van der Waals surface area contributed by atoms with E-state index in [0.717, 1.165) is 21.7 Å². The monoisotopic (exact) mass is 294 g/mol. The third-order valence-electron chi connectivity index (χ3n) is 3.58. The Morgan fingerprint density at radius 3 is 2.81 bits per heavy atom. The number of aromatic nitrogens is 1. The molecule has 3 aromatic rings. The first-order valence-corrected chi connectivity index (χ1v) is 7.24. The number of anilines is 1. The Balaban J connectivity index is 2.06. The van der Waals surface area contributed by atoms with Crippen LogP contribution < -0.4 is 4.72 Å². The number of hydrogen-bond acceptors (Lipinski definition) is 4. The summed E-state index contributed by atoms with van der Waals surface area (Å²) in [4.78, 5) is 16.9. The fourth-order valence-electron chi connectivity index (χ4n) is 2.62. The molecule has 2 heterocycles. The summed E-state index contributed by atoms with van der Waals surface area (Å²) in [5, 5.41) is 9.94. The molecule has 1 aliphatic heterocycles. The number of pyridine rings is 1. The van der Waals surface area contributed by atoms with Crippen LogP contribution in [-0.4, -0.2) is 16.1 Å². The molecule has 0 unspecified atom stereocenters. The molecule has 0 saturated carbocycles. The van der Waals surface area contributed by atoms with E-state index < -0.39 is 5.97 Å². The van der Waals surface area contributed by atoms with Crippen molar-refractivity contribution in [2.45, 2.75) is 4.90 Å². The van der Waals surface area contributed by atoms with E-state index in [1.807, 2.05) is 24.3 Å². The number of aromatic carboxylic acids is 1. The van der Waals surface area contributed by atoms with Crippen LogP contribution in [0, 0.1) is 0 Å². The van der Waals surface area contributed by atoms with Crippen molar-refractivity contribution >= 4 is 34.5 Å². The topological polar surface area (TPSA) is 62.2 Å². The maximum Gasteiger partial charge on any atom is 0.336 e. The summed E-state index contributed by atoms with van der Waals surface area (Å²) < 4.78 is 3.29. The minimum absolute atomic E-state index is 0.272. The van der Waals surface area contributed by atoms with Crippen molar-refractivity contribution in [1.29, 1.82) is 0 Å². The van der Waals surface area contributed by atoms with E-state index >= 15 is 0 Å². The lowest BCUT2D eigenvalue weighted by atomic mass is 9.99. The molecule has 1 aliphatic rings. The molecule has 4 nitrogen and oxygen atoms in total. The molecular weight excluding hydrogens is 284 g/mol. The van der Waals surface area contributed by atoms with Gasteiger partial charge in [-0.05, 0) is 29.6 Å². The van der Waals surface area contributed by atoms with Gasteiger partial charge in [-0.3, -0.25) is 4.98 Å². The van der Waals surface area contributed by atoms with Crippen LogP contribution in [0.1, 0.15) is 10.4 Å². The van der Waals surface area contributed by atoms with Crippen LogP contribution in [0.2, 0.25) is 0 Å². The van der Waals surface area contributed by atoms with E-state index in [1.165, 1.54) is 18.0 Å². The first kappa shape index (κ1) is 12.2. The number of carboxylic acids is 1. The van der Waals surface area contributed by atoms with Gasteiger partial charge in [-0.15, -0.1) is 0 Å². The number of nitrogens with one attached hydrogen (secondary N) is 1. The molecule has 1 aromatic heterocycles. The van der Waals surface area contributed by atoms with Gasteiger partial charge in [-0.25, -0.2) is 4.79 Å². The molecule has 2 aromatic carbocycles. The molecular formula is C16H10N2O2S. The summed E-state index contributed by atoms with van der Waals surface area (Å²) >= 11 is 1.52. The van der Waals surface area contributed by atoms with E-state index in [0.29, 0.717) is 10.9 Å². The average molecular weight is 294 g/mol.